The summed E-state index contributed by atoms with van der Waals surface area (Å²) in [6.45, 7) is 0. The lowest BCUT2D eigenvalue weighted by Gasteiger charge is -2.00. The lowest BCUT2D eigenvalue weighted by Crippen LogP contribution is -1.94. The van der Waals surface area contributed by atoms with Crippen molar-refractivity contribution >= 4 is 34.1 Å². The molecular weight excluding hydrogens is 271 g/mol. The third-order valence-corrected chi connectivity index (χ3v) is 3.49. The number of aromatic nitrogens is 2. The first kappa shape index (κ1) is 7.91. The maximum atomic E-state index is 4.39. The Morgan fingerprint density at radius 2 is 2.09 bits per heavy atom. The molecule has 0 atom stereocenters. The first-order chi connectivity index (χ1) is 5.36. The fourth-order valence-electron chi connectivity index (χ4n) is 1.57. The van der Waals surface area contributed by atoms with Gasteiger partial charge in [0.15, 0.2) is 3.01 Å². The van der Waals surface area contributed by atoms with Gasteiger partial charge >= 0.3 is 0 Å². The Bertz CT molecular complexity index is 242. The van der Waals surface area contributed by atoms with Crippen LogP contribution in [0.25, 0.3) is 0 Å². The highest BCUT2D eigenvalue weighted by Gasteiger charge is 2.20. The van der Waals surface area contributed by atoms with Gasteiger partial charge in [-0.2, -0.15) is 4.37 Å². The van der Waals surface area contributed by atoms with Crippen molar-refractivity contribution in [3.63, 3.8) is 0 Å². The normalized spacial score (nSPS) is 19.4. The minimum Gasteiger partial charge on any atom is -0.213 e. The van der Waals surface area contributed by atoms with Gasteiger partial charge in [-0.05, 0) is 47.0 Å². The molecule has 1 aliphatic carbocycles. The topological polar surface area (TPSA) is 25.8 Å². The summed E-state index contributed by atoms with van der Waals surface area (Å²) >= 11 is 3.75. The Kier molecular flexibility index (Phi) is 2.41. The van der Waals surface area contributed by atoms with Gasteiger partial charge < -0.3 is 0 Å². The van der Waals surface area contributed by atoms with E-state index in [2.05, 4.69) is 31.9 Å². The Morgan fingerprint density at radius 3 is 2.64 bits per heavy atom. The van der Waals surface area contributed by atoms with E-state index in [0.29, 0.717) is 5.92 Å². The highest BCUT2D eigenvalue weighted by Crippen LogP contribution is 2.32. The summed E-state index contributed by atoms with van der Waals surface area (Å²) in [4.78, 5) is 4.39. The smallest absolute Gasteiger partial charge is 0.173 e. The number of halogens is 1. The standard InChI is InChI=1S/C7H9IN2S/c8-7-9-6(10-11-7)5-3-1-2-4-5/h5H,1-4H2. The second-order valence-corrected chi connectivity index (χ2v) is 5.39. The minimum absolute atomic E-state index is 0.676. The van der Waals surface area contributed by atoms with E-state index in [1.165, 1.54) is 37.2 Å². The lowest BCUT2D eigenvalue weighted by atomic mass is 10.1. The zero-order chi connectivity index (χ0) is 7.68. The summed E-state index contributed by atoms with van der Waals surface area (Å²) in [5, 5.41) is 0. The van der Waals surface area contributed by atoms with Crippen LogP contribution in [-0.4, -0.2) is 9.36 Å². The average Bonchev–Trinajstić information content (AvgIpc) is 2.55. The van der Waals surface area contributed by atoms with E-state index in [1.54, 1.807) is 0 Å². The van der Waals surface area contributed by atoms with Crippen LogP contribution < -0.4 is 0 Å². The van der Waals surface area contributed by atoms with E-state index >= 15 is 0 Å². The number of hydrogen-bond donors (Lipinski definition) is 0. The van der Waals surface area contributed by atoms with Gasteiger partial charge in [0.05, 0.1) is 0 Å². The molecule has 2 nitrogen and oxygen atoms in total. The van der Waals surface area contributed by atoms with Crippen LogP contribution in [0.15, 0.2) is 0 Å². The van der Waals surface area contributed by atoms with Crippen LogP contribution in [0.4, 0.5) is 0 Å². The molecule has 1 fully saturated rings. The monoisotopic (exact) mass is 280 g/mol. The van der Waals surface area contributed by atoms with Crippen molar-refractivity contribution in [2.45, 2.75) is 31.6 Å². The summed E-state index contributed by atoms with van der Waals surface area (Å²) in [7, 11) is 0. The van der Waals surface area contributed by atoms with Crippen molar-refractivity contribution in [1.82, 2.24) is 9.36 Å². The van der Waals surface area contributed by atoms with Gasteiger partial charge in [0, 0.05) is 5.92 Å². The largest absolute Gasteiger partial charge is 0.213 e. The van der Waals surface area contributed by atoms with Crippen LogP contribution in [0.1, 0.15) is 37.4 Å². The molecule has 1 saturated carbocycles. The van der Waals surface area contributed by atoms with Gasteiger partial charge in [0.1, 0.15) is 5.82 Å². The molecule has 0 bridgehead atoms. The number of hydrogen-bond acceptors (Lipinski definition) is 3. The molecule has 11 heavy (non-hydrogen) atoms. The van der Waals surface area contributed by atoms with Crippen molar-refractivity contribution in [2.24, 2.45) is 0 Å². The highest BCUT2D eigenvalue weighted by molar-refractivity contribution is 14.1. The Hall–Kier alpha value is 0.290. The maximum Gasteiger partial charge on any atom is 0.173 e. The summed E-state index contributed by atoms with van der Waals surface area (Å²) in [5.41, 5.74) is 0. The first-order valence-corrected chi connectivity index (χ1v) is 5.70. The molecule has 0 saturated heterocycles. The Balaban J connectivity index is 2.15. The van der Waals surface area contributed by atoms with Gasteiger partial charge in [0.25, 0.3) is 0 Å². The molecule has 1 aromatic heterocycles. The van der Waals surface area contributed by atoms with Gasteiger partial charge in [0.2, 0.25) is 0 Å². The SMILES string of the molecule is Ic1nc(C2CCCC2)ns1. The summed E-state index contributed by atoms with van der Waals surface area (Å²) < 4.78 is 5.39. The third kappa shape index (κ3) is 1.72. The summed E-state index contributed by atoms with van der Waals surface area (Å²) in [6, 6.07) is 0. The van der Waals surface area contributed by atoms with Gasteiger partial charge in [-0.15, -0.1) is 0 Å². The number of rotatable bonds is 1. The molecule has 1 aliphatic rings. The Labute approximate surface area is 83.7 Å². The second kappa shape index (κ2) is 3.35. The third-order valence-electron chi connectivity index (χ3n) is 2.14. The van der Waals surface area contributed by atoms with E-state index in [1.807, 2.05) is 0 Å². The first-order valence-electron chi connectivity index (χ1n) is 3.85. The summed E-state index contributed by atoms with van der Waals surface area (Å²) in [6.07, 6.45) is 5.32. The molecule has 0 N–H and O–H groups in total. The fourth-order valence-corrected chi connectivity index (χ4v) is 2.60. The Morgan fingerprint density at radius 1 is 1.36 bits per heavy atom. The predicted octanol–water partition coefficient (Wildman–Crippen LogP) is 2.80. The fraction of sp³-hybridized carbons (Fsp3) is 0.714. The number of nitrogens with zero attached hydrogens (tertiary/aromatic N) is 2. The van der Waals surface area contributed by atoms with Crippen molar-refractivity contribution in [3.05, 3.63) is 8.84 Å². The van der Waals surface area contributed by atoms with Crippen LogP contribution in [0, 0.1) is 3.01 Å². The van der Waals surface area contributed by atoms with Crippen LogP contribution in [0.5, 0.6) is 0 Å². The minimum atomic E-state index is 0.676. The van der Waals surface area contributed by atoms with E-state index in [9.17, 15) is 0 Å². The van der Waals surface area contributed by atoms with Crippen LogP contribution >= 0.6 is 34.1 Å². The maximum absolute atomic E-state index is 4.39. The van der Waals surface area contributed by atoms with E-state index in [0.717, 1.165) is 8.84 Å². The molecule has 0 aliphatic heterocycles. The highest BCUT2D eigenvalue weighted by atomic mass is 127. The van der Waals surface area contributed by atoms with Gasteiger partial charge in [-0.25, -0.2) is 4.98 Å². The summed E-state index contributed by atoms with van der Waals surface area (Å²) in [5.74, 6) is 1.77. The average molecular weight is 280 g/mol. The molecule has 0 unspecified atom stereocenters. The van der Waals surface area contributed by atoms with Gasteiger partial charge in [-0.1, -0.05) is 12.8 Å². The zero-order valence-electron chi connectivity index (χ0n) is 6.09. The van der Waals surface area contributed by atoms with Crippen molar-refractivity contribution in [1.29, 1.82) is 0 Å². The molecule has 4 heteroatoms. The van der Waals surface area contributed by atoms with Crippen LogP contribution in [-0.2, 0) is 0 Å². The van der Waals surface area contributed by atoms with E-state index < -0.39 is 0 Å². The molecule has 0 spiro atoms. The van der Waals surface area contributed by atoms with Crippen molar-refractivity contribution in [3.8, 4) is 0 Å². The van der Waals surface area contributed by atoms with Crippen molar-refractivity contribution in [2.75, 3.05) is 0 Å². The predicted molar refractivity (Wildman–Crippen MR) is 53.8 cm³/mol. The molecule has 0 amide bonds. The quantitative estimate of drug-likeness (QED) is 0.739. The molecule has 2 rings (SSSR count). The second-order valence-electron chi connectivity index (χ2n) is 2.89. The lowest BCUT2D eigenvalue weighted by molar-refractivity contribution is 0.680. The van der Waals surface area contributed by atoms with Gasteiger partial charge in [-0.3, -0.25) is 0 Å². The molecule has 0 aromatic carbocycles. The molecule has 1 aromatic rings. The van der Waals surface area contributed by atoms with Crippen molar-refractivity contribution < 1.29 is 0 Å². The van der Waals surface area contributed by atoms with E-state index in [-0.39, 0.29) is 0 Å². The van der Waals surface area contributed by atoms with E-state index in [4.69, 9.17) is 0 Å². The van der Waals surface area contributed by atoms with Crippen LogP contribution in [0.2, 0.25) is 0 Å². The van der Waals surface area contributed by atoms with Crippen LogP contribution in [0.3, 0.4) is 0 Å². The molecule has 60 valence electrons. The molecule has 0 radical (unpaired) electrons. The molecule has 1 heterocycles. The zero-order valence-corrected chi connectivity index (χ0v) is 9.06. The molecular formula is C7H9IN2S.